The highest BCUT2D eigenvalue weighted by molar-refractivity contribution is 5.97. The fourth-order valence-electron chi connectivity index (χ4n) is 3.60. The summed E-state index contributed by atoms with van der Waals surface area (Å²) < 4.78 is 13.0. The highest BCUT2D eigenvalue weighted by Gasteiger charge is 2.57. The third kappa shape index (κ3) is 2.44. The number of nitrogens with zero attached hydrogens (tertiary/aromatic N) is 1. The standard InChI is InChI=1S/C16H21FN2O/c17-11-5-7-12(8-6-11)19(10-2-9-18)16(20)15-13-3-1-4-14(13)15/h5-8,13-15H,1-4,9-10,18H2. The molecular formula is C16H21FN2O. The summed E-state index contributed by atoms with van der Waals surface area (Å²) in [6.07, 6.45) is 4.41. The Hall–Kier alpha value is -1.42. The lowest BCUT2D eigenvalue weighted by Crippen LogP contribution is -2.35. The third-order valence-corrected chi connectivity index (χ3v) is 4.68. The van der Waals surface area contributed by atoms with Crippen molar-refractivity contribution in [2.45, 2.75) is 25.7 Å². The second-order valence-electron chi connectivity index (χ2n) is 5.89. The smallest absolute Gasteiger partial charge is 0.230 e. The summed E-state index contributed by atoms with van der Waals surface area (Å²) in [5.74, 6) is 1.33. The van der Waals surface area contributed by atoms with Crippen LogP contribution in [0.5, 0.6) is 0 Å². The van der Waals surface area contributed by atoms with Crippen LogP contribution in [0.1, 0.15) is 25.7 Å². The van der Waals surface area contributed by atoms with Gasteiger partial charge in [-0.1, -0.05) is 6.42 Å². The van der Waals surface area contributed by atoms with E-state index >= 15 is 0 Å². The largest absolute Gasteiger partial charge is 0.330 e. The van der Waals surface area contributed by atoms with Gasteiger partial charge >= 0.3 is 0 Å². The van der Waals surface area contributed by atoms with Crippen molar-refractivity contribution in [1.29, 1.82) is 0 Å². The number of nitrogens with two attached hydrogens (primary N) is 1. The maximum Gasteiger partial charge on any atom is 0.230 e. The van der Waals surface area contributed by atoms with E-state index in [2.05, 4.69) is 0 Å². The van der Waals surface area contributed by atoms with Crippen molar-refractivity contribution in [1.82, 2.24) is 0 Å². The molecule has 2 unspecified atom stereocenters. The number of hydrogen-bond donors (Lipinski definition) is 1. The maximum atomic E-state index is 13.0. The van der Waals surface area contributed by atoms with Crippen LogP contribution < -0.4 is 10.6 Å². The molecule has 108 valence electrons. The minimum absolute atomic E-state index is 0.201. The molecular weight excluding hydrogens is 255 g/mol. The lowest BCUT2D eigenvalue weighted by atomic mass is 10.1. The molecule has 0 spiro atoms. The SMILES string of the molecule is NCCCN(C(=O)C1C2CCCC21)c1ccc(F)cc1. The summed E-state index contributed by atoms with van der Waals surface area (Å²) in [5.41, 5.74) is 6.35. The minimum atomic E-state index is -0.275. The average molecular weight is 276 g/mol. The number of benzene rings is 1. The number of hydrogen-bond acceptors (Lipinski definition) is 2. The number of fused-ring (bicyclic) bond motifs is 1. The first-order chi connectivity index (χ1) is 9.72. The Balaban J connectivity index is 1.75. The topological polar surface area (TPSA) is 46.3 Å². The van der Waals surface area contributed by atoms with Crippen LogP contribution in [-0.2, 0) is 4.79 Å². The first-order valence-corrected chi connectivity index (χ1v) is 7.49. The zero-order valence-electron chi connectivity index (χ0n) is 11.6. The van der Waals surface area contributed by atoms with Crippen LogP contribution in [-0.4, -0.2) is 19.0 Å². The fraction of sp³-hybridized carbons (Fsp3) is 0.562. The molecule has 2 aliphatic rings. The van der Waals surface area contributed by atoms with E-state index in [0.717, 1.165) is 12.1 Å². The molecule has 0 heterocycles. The van der Waals surface area contributed by atoms with Gasteiger partial charge in [0, 0.05) is 18.2 Å². The summed E-state index contributed by atoms with van der Waals surface area (Å²) in [6.45, 7) is 1.18. The van der Waals surface area contributed by atoms with Crippen LogP contribution in [0.3, 0.4) is 0 Å². The van der Waals surface area contributed by atoms with E-state index in [-0.39, 0.29) is 17.6 Å². The molecule has 2 saturated carbocycles. The summed E-state index contributed by atoms with van der Waals surface area (Å²) in [5, 5.41) is 0. The molecule has 1 aromatic rings. The van der Waals surface area contributed by atoms with Crippen molar-refractivity contribution >= 4 is 11.6 Å². The van der Waals surface area contributed by atoms with Crippen molar-refractivity contribution in [2.75, 3.05) is 18.0 Å². The van der Waals surface area contributed by atoms with Gasteiger partial charge in [0.1, 0.15) is 5.82 Å². The van der Waals surface area contributed by atoms with Crippen molar-refractivity contribution in [2.24, 2.45) is 23.5 Å². The van der Waals surface area contributed by atoms with Gasteiger partial charge in [-0.05, 0) is 61.9 Å². The third-order valence-electron chi connectivity index (χ3n) is 4.68. The highest BCUT2D eigenvalue weighted by Crippen LogP contribution is 2.58. The molecule has 1 aromatic carbocycles. The molecule has 20 heavy (non-hydrogen) atoms. The fourth-order valence-corrected chi connectivity index (χ4v) is 3.60. The molecule has 0 aliphatic heterocycles. The second kappa shape index (κ2) is 5.52. The molecule has 1 amide bonds. The molecule has 0 saturated heterocycles. The molecule has 3 rings (SSSR count). The predicted octanol–water partition coefficient (Wildman–Crippen LogP) is 2.55. The van der Waals surface area contributed by atoms with Crippen LogP contribution >= 0.6 is 0 Å². The van der Waals surface area contributed by atoms with Gasteiger partial charge in [-0.2, -0.15) is 0 Å². The quantitative estimate of drug-likeness (QED) is 0.898. The molecule has 2 atom stereocenters. The first-order valence-electron chi connectivity index (χ1n) is 7.49. The van der Waals surface area contributed by atoms with E-state index in [0.29, 0.717) is 24.9 Å². The van der Waals surface area contributed by atoms with E-state index in [4.69, 9.17) is 5.73 Å². The molecule has 0 aromatic heterocycles. The number of anilines is 1. The molecule has 4 heteroatoms. The number of carbonyl (C=O) groups excluding carboxylic acids is 1. The Morgan fingerprint density at radius 2 is 1.90 bits per heavy atom. The first kappa shape index (κ1) is 13.6. The monoisotopic (exact) mass is 276 g/mol. The van der Waals surface area contributed by atoms with Crippen molar-refractivity contribution in [3.8, 4) is 0 Å². The Morgan fingerprint density at radius 3 is 2.50 bits per heavy atom. The van der Waals surface area contributed by atoms with Crippen LogP contribution in [0.4, 0.5) is 10.1 Å². The van der Waals surface area contributed by atoms with Gasteiger partial charge in [0.05, 0.1) is 0 Å². The van der Waals surface area contributed by atoms with Gasteiger partial charge in [0.15, 0.2) is 0 Å². The number of rotatable bonds is 5. The van der Waals surface area contributed by atoms with Crippen LogP contribution in [0.2, 0.25) is 0 Å². The lowest BCUT2D eigenvalue weighted by Gasteiger charge is -2.23. The van der Waals surface area contributed by atoms with E-state index in [9.17, 15) is 9.18 Å². The number of halogens is 1. The van der Waals surface area contributed by atoms with Crippen molar-refractivity contribution in [3.63, 3.8) is 0 Å². The molecule has 0 radical (unpaired) electrons. The second-order valence-corrected chi connectivity index (χ2v) is 5.89. The normalized spacial score (nSPS) is 27.2. The Labute approximate surface area is 118 Å². The molecule has 2 aliphatic carbocycles. The van der Waals surface area contributed by atoms with Gasteiger partial charge in [0.25, 0.3) is 0 Å². The highest BCUT2D eigenvalue weighted by atomic mass is 19.1. The Kier molecular flexibility index (Phi) is 3.74. The van der Waals surface area contributed by atoms with Crippen LogP contribution in [0, 0.1) is 23.6 Å². The number of carbonyl (C=O) groups is 1. The van der Waals surface area contributed by atoms with Crippen molar-refractivity contribution < 1.29 is 9.18 Å². The van der Waals surface area contributed by atoms with E-state index in [1.807, 2.05) is 0 Å². The minimum Gasteiger partial charge on any atom is -0.330 e. The molecule has 2 N–H and O–H groups in total. The van der Waals surface area contributed by atoms with Gasteiger partial charge < -0.3 is 10.6 Å². The van der Waals surface area contributed by atoms with E-state index < -0.39 is 0 Å². The Bertz CT molecular complexity index is 478. The van der Waals surface area contributed by atoms with E-state index in [1.165, 1.54) is 31.4 Å². The molecule has 3 nitrogen and oxygen atoms in total. The summed E-state index contributed by atoms with van der Waals surface area (Å²) in [6, 6.07) is 6.18. The van der Waals surface area contributed by atoms with E-state index in [1.54, 1.807) is 17.0 Å². The zero-order chi connectivity index (χ0) is 14.1. The predicted molar refractivity (Wildman–Crippen MR) is 76.7 cm³/mol. The average Bonchev–Trinajstić information content (AvgIpc) is 2.93. The van der Waals surface area contributed by atoms with Crippen LogP contribution in [0.25, 0.3) is 0 Å². The number of amides is 1. The summed E-state index contributed by atoms with van der Waals surface area (Å²) >= 11 is 0. The van der Waals surface area contributed by atoms with Gasteiger partial charge in [-0.3, -0.25) is 4.79 Å². The van der Waals surface area contributed by atoms with Gasteiger partial charge in [-0.25, -0.2) is 4.39 Å². The maximum absolute atomic E-state index is 13.0. The van der Waals surface area contributed by atoms with Gasteiger partial charge in [-0.15, -0.1) is 0 Å². The molecule has 2 fully saturated rings. The lowest BCUT2D eigenvalue weighted by molar-refractivity contribution is -0.120. The van der Waals surface area contributed by atoms with Crippen molar-refractivity contribution in [3.05, 3.63) is 30.1 Å². The summed E-state index contributed by atoms with van der Waals surface area (Å²) in [7, 11) is 0. The molecule has 0 bridgehead atoms. The summed E-state index contributed by atoms with van der Waals surface area (Å²) in [4.78, 5) is 14.5. The van der Waals surface area contributed by atoms with Crippen LogP contribution in [0.15, 0.2) is 24.3 Å². The Morgan fingerprint density at radius 1 is 1.25 bits per heavy atom. The zero-order valence-corrected chi connectivity index (χ0v) is 11.6. The van der Waals surface area contributed by atoms with Gasteiger partial charge in [0.2, 0.25) is 5.91 Å².